The number of rotatable bonds is 3. The van der Waals surface area contributed by atoms with Gasteiger partial charge in [0.05, 0.1) is 16.8 Å². The minimum Gasteiger partial charge on any atom is -0.455 e. The van der Waals surface area contributed by atoms with Gasteiger partial charge in [-0.25, -0.2) is 0 Å². The van der Waals surface area contributed by atoms with Gasteiger partial charge in [0.2, 0.25) is 0 Å². The van der Waals surface area contributed by atoms with Crippen molar-refractivity contribution in [2.45, 2.75) is 0 Å². The number of amides is 1. The second kappa shape index (κ2) is 4.93. The van der Waals surface area contributed by atoms with E-state index >= 15 is 0 Å². The second-order valence-electron chi connectivity index (χ2n) is 3.56. The van der Waals surface area contributed by atoms with Crippen LogP contribution < -0.4 is 16.2 Å². The number of nitrogen functional groups attached to an aromatic ring is 1. The summed E-state index contributed by atoms with van der Waals surface area (Å²) >= 11 is 5.78. The maximum Gasteiger partial charge on any atom is 0.252 e. The van der Waals surface area contributed by atoms with Crippen molar-refractivity contribution in [3.63, 3.8) is 0 Å². The molecule has 0 aliphatic carbocycles. The van der Waals surface area contributed by atoms with Gasteiger partial charge in [0.15, 0.2) is 0 Å². The Labute approximate surface area is 108 Å². The van der Waals surface area contributed by atoms with Crippen molar-refractivity contribution in [2.24, 2.45) is 5.73 Å². The van der Waals surface area contributed by atoms with E-state index in [2.05, 4.69) is 4.98 Å². The maximum atomic E-state index is 11.3. The number of halogens is 1. The lowest BCUT2D eigenvalue weighted by molar-refractivity contribution is 0.0998. The third-order valence-electron chi connectivity index (χ3n) is 2.18. The number of nitrogens with zero attached hydrogens (tertiary/aromatic N) is 1. The molecule has 0 saturated heterocycles. The lowest BCUT2D eigenvalue weighted by Gasteiger charge is -2.09. The molecule has 0 bridgehead atoms. The van der Waals surface area contributed by atoms with Gasteiger partial charge >= 0.3 is 0 Å². The fraction of sp³-hybridized carbons (Fsp3) is 0. The molecule has 2 rings (SSSR count). The van der Waals surface area contributed by atoms with Crippen LogP contribution in [-0.4, -0.2) is 10.9 Å². The molecule has 0 spiro atoms. The van der Waals surface area contributed by atoms with E-state index in [1.54, 1.807) is 18.2 Å². The van der Waals surface area contributed by atoms with E-state index in [0.29, 0.717) is 22.2 Å². The molecule has 0 aliphatic rings. The second-order valence-corrected chi connectivity index (χ2v) is 4.00. The summed E-state index contributed by atoms with van der Waals surface area (Å²) in [7, 11) is 0. The molecule has 0 saturated carbocycles. The van der Waals surface area contributed by atoms with Gasteiger partial charge in [0.25, 0.3) is 5.91 Å². The van der Waals surface area contributed by atoms with Crippen LogP contribution in [0.5, 0.6) is 11.5 Å². The molecule has 1 aromatic heterocycles. The monoisotopic (exact) mass is 263 g/mol. The molecular formula is C12H10ClN3O2. The number of ether oxygens (including phenoxy) is 1. The predicted octanol–water partition coefficient (Wildman–Crippen LogP) is 2.21. The first-order chi connectivity index (χ1) is 8.56. The Kier molecular flexibility index (Phi) is 3.34. The predicted molar refractivity (Wildman–Crippen MR) is 68.7 cm³/mol. The Hall–Kier alpha value is -2.27. The van der Waals surface area contributed by atoms with Crippen LogP contribution in [-0.2, 0) is 0 Å². The summed E-state index contributed by atoms with van der Waals surface area (Å²) in [4.78, 5) is 15.2. The van der Waals surface area contributed by atoms with Crippen LogP contribution in [0, 0.1) is 0 Å². The smallest absolute Gasteiger partial charge is 0.252 e. The Balaban J connectivity index is 2.37. The molecule has 0 atom stereocenters. The van der Waals surface area contributed by atoms with E-state index in [4.69, 9.17) is 27.8 Å². The quantitative estimate of drug-likeness (QED) is 0.831. The zero-order chi connectivity index (χ0) is 13.1. The summed E-state index contributed by atoms with van der Waals surface area (Å²) in [5.74, 6) is 0.0998. The first kappa shape index (κ1) is 12.2. The molecular weight excluding hydrogens is 254 g/mol. The summed E-state index contributed by atoms with van der Waals surface area (Å²) in [6.45, 7) is 0. The number of pyridine rings is 1. The molecule has 4 N–H and O–H groups in total. The highest BCUT2D eigenvalue weighted by Crippen LogP contribution is 2.27. The molecule has 0 fully saturated rings. The van der Waals surface area contributed by atoms with E-state index in [-0.39, 0.29) is 5.56 Å². The van der Waals surface area contributed by atoms with E-state index in [1.807, 2.05) is 0 Å². The molecule has 18 heavy (non-hydrogen) atoms. The summed E-state index contributed by atoms with van der Waals surface area (Å²) < 4.78 is 5.50. The summed E-state index contributed by atoms with van der Waals surface area (Å²) in [6, 6.07) is 6.21. The van der Waals surface area contributed by atoms with E-state index in [0.717, 1.165) is 0 Å². The van der Waals surface area contributed by atoms with E-state index in [9.17, 15) is 4.79 Å². The number of aromatic nitrogens is 1. The minimum atomic E-state index is -0.618. The highest BCUT2D eigenvalue weighted by molar-refractivity contribution is 6.30. The highest BCUT2D eigenvalue weighted by atomic mass is 35.5. The Morgan fingerprint density at radius 3 is 2.72 bits per heavy atom. The summed E-state index contributed by atoms with van der Waals surface area (Å²) in [6.07, 6.45) is 2.96. The van der Waals surface area contributed by atoms with Gasteiger partial charge in [0, 0.05) is 18.0 Å². The Morgan fingerprint density at radius 1 is 1.28 bits per heavy atom. The van der Waals surface area contributed by atoms with Gasteiger partial charge < -0.3 is 16.2 Å². The number of hydrogen-bond donors (Lipinski definition) is 2. The average molecular weight is 264 g/mol. The van der Waals surface area contributed by atoms with Crippen LogP contribution in [0.2, 0.25) is 5.02 Å². The molecule has 1 amide bonds. The van der Waals surface area contributed by atoms with Gasteiger partial charge in [-0.2, -0.15) is 0 Å². The summed E-state index contributed by atoms with van der Waals surface area (Å²) in [5.41, 5.74) is 11.5. The number of carbonyl (C=O) groups is 1. The SMILES string of the molecule is NC(=O)c1cc(N)ccc1Oc1cncc(Cl)c1. The number of primary amides is 1. The minimum absolute atomic E-state index is 0.204. The van der Waals surface area contributed by atoms with Gasteiger partial charge in [-0.1, -0.05) is 11.6 Å². The van der Waals surface area contributed by atoms with Crippen molar-refractivity contribution in [1.82, 2.24) is 4.98 Å². The van der Waals surface area contributed by atoms with Crippen LogP contribution in [0.1, 0.15) is 10.4 Å². The first-order valence-electron chi connectivity index (χ1n) is 5.04. The van der Waals surface area contributed by atoms with Crippen molar-refractivity contribution in [3.05, 3.63) is 47.2 Å². The molecule has 1 heterocycles. The standard InChI is InChI=1S/C12H10ClN3O2/c13-7-3-9(6-16-5-7)18-11-2-1-8(14)4-10(11)12(15)17/h1-6H,14H2,(H2,15,17). The molecule has 0 radical (unpaired) electrons. The lowest BCUT2D eigenvalue weighted by Crippen LogP contribution is -2.12. The number of benzene rings is 1. The normalized spacial score (nSPS) is 10.1. The van der Waals surface area contributed by atoms with Crippen molar-refractivity contribution in [2.75, 3.05) is 5.73 Å². The number of carbonyl (C=O) groups excluding carboxylic acids is 1. The largest absolute Gasteiger partial charge is 0.455 e. The van der Waals surface area contributed by atoms with Crippen molar-refractivity contribution in [3.8, 4) is 11.5 Å². The van der Waals surface area contributed by atoms with Crippen LogP contribution in [0.15, 0.2) is 36.7 Å². The third-order valence-corrected chi connectivity index (χ3v) is 2.38. The fourth-order valence-electron chi connectivity index (χ4n) is 1.40. The van der Waals surface area contributed by atoms with Gasteiger partial charge in [-0.3, -0.25) is 9.78 Å². The van der Waals surface area contributed by atoms with Gasteiger partial charge in [0.1, 0.15) is 11.5 Å². The third kappa shape index (κ3) is 2.70. The van der Waals surface area contributed by atoms with Crippen LogP contribution >= 0.6 is 11.6 Å². The van der Waals surface area contributed by atoms with Crippen molar-refractivity contribution in [1.29, 1.82) is 0 Å². The van der Waals surface area contributed by atoms with Crippen molar-refractivity contribution < 1.29 is 9.53 Å². The molecule has 0 unspecified atom stereocenters. The summed E-state index contributed by atoms with van der Waals surface area (Å²) in [5, 5.41) is 0.434. The molecule has 0 aliphatic heterocycles. The van der Waals surface area contributed by atoms with E-state index < -0.39 is 5.91 Å². The van der Waals surface area contributed by atoms with Gasteiger partial charge in [-0.05, 0) is 18.2 Å². The highest BCUT2D eigenvalue weighted by Gasteiger charge is 2.11. The molecule has 1 aromatic carbocycles. The maximum absolute atomic E-state index is 11.3. The Bertz CT molecular complexity index is 602. The fourth-order valence-corrected chi connectivity index (χ4v) is 1.57. The van der Waals surface area contributed by atoms with Crippen LogP contribution in [0.25, 0.3) is 0 Å². The van der Waals surface area contributed by atoms with Crippen molar-refractivity contribution >= 4 is 23.2 Å². The van der Waals surface area contributed by atoms with Crippen LogP contribution in [0.4, 0.5) is 5.69 Å². The van der Waals surface area contributed by atoms with E-state index in [1.165, 1.54) is 18.5 Å². The number of hydrogen-bond acceptors (Lipinski definition) is 4. The lowest BCUT2D eigenvalue weighted by atomic mass is 10.1. The zero-order valence-corrected chi connectivity index (χ0v) is 10.0. The Morgan fingerprint density at radius 2 is 2.06 bits per heavy atom. The number of anilines is 1. The first-order valence-corrected chi connectivity index (χ1v) is 5.42. The molecule has 2 aromatic rings. The molecule has 6 heteroatoms. The molecule has 5 nitrogen and oxygen atoms in total. The topological polar surface area (TPSA) is 91.2 Å². The average Bonchev–Trinajstić information content (AvgIpc) is 2.31. The number of nitrogens with two attached hydrogens (primary N) is 2. The molecule has 92 valence electrons. The zero-order valence-electron chi connectivity index (χ0n) is 9.26. The van der Waals surface area contributed by atoms with Crippen LogP contribution in [0.3, 0.4) is 0 Å². The van der Waals surface area contributed by atoms with Gasteiger partial charge in [-0.15, -0.1) is 0 Å².